The number of carbonyl (C=O) groups is 1. The van der Waals surface area contributed by atoms with Gasteiger partial charge in [-0.1, -0.05) is 103 Å². The van der Waals surface area contributed by atoms with Gasteiger partial charge in [-0.05, 0) is 17.2 Å². The van der Waals surface area contributed by atoms with Gasteiger partial charge in [0.2, 0.25) is 0 Å². The topological polar surface area (TPSA) is 61.1 Å². The lowest BCUT2D eigenvalue weighted by molar-refractivity contribution is -0.131. The lowest BCUT2D eigenvalue weighted by Crippen LogP contribution is -1.84. The van der Waals surface area contributed by atoms with E-state index in [2.05, 4.69) is 5.73 Å². The fourth-order valence-corrected chi connectivity index (χ4v) is 1.86. The minimum atomic E-state index is -0.938. The molecule has 2 rings (SSSR count). The van der Waals surface area contributed by atoms with Crippen LogP contribution >= 0.6 is 0 Å². The lowest BCUT2D eigenvalue weighted by atomic mass is 10.2. The Kier molecular flexibility index (Phi) is 11.9. The zero-order valence-electron chi connectivity index (χ0n) is 15.3. The maximum absolute atomic E-state index is 10.1. The summed E-state index contributed by atoms with van der Waals surface area (Å²) in [5.41, 5.74) is 4.96. The van der Waals surface area contributed by atoms with Crippen LogP contribution in [0, 0.1) is 11.3 Å². The number of hydrogen-bond acceptors (Lipinski definition) is 2. The predicted octanol–water partition coefficient (Wildman–Crippen LogP) is 5.83. The van der Waals surface area contributed by atoms with Gasteiger partial charge in [0.25, 0.3) is 0 Å². The van der Waals surface area contributed by atoms with Gasteiger partial charge in [-0.15, -0.1) is 5.73 Å². The van der Waals surface area contributed by atoms with Crippen molar-refractivity contribution in [3.05, 3.63) is 126 Å². The Balaban J connectivity index is 0.000000283. The van der Waals surface area contributed by atoms with E-state index in [1.807, 2.05) is 91.0 Å². The van der Waals surface area contributed by atoms with Crippen LogP contribution < -0.4 is 0 Å². The molecule has 0 atom stereocenters. The van der Waals surface area contributed by atoms with Crippen LogP contribution in [0.3, 0.4) is 0 Å². The van der Waals surface area contributed by atoms with E-state index < -0.39 is 5.97 Å². The standard InChI is InChI=1S/C13H12O2.C12H9N/c14-13(15)11-7-2-1-4-8-12-9-5-3-6-10-12;13-11-7-2-1-4-8-12-9-5-3-6-10-12/h1-11H,(H,14,15);1,3-10H. The van der Waals surface area contributed by atoms with E-state index in [-0.39, 0.29) is 0 Å². The van der Waals surface area contributed by atoms with E-state index in [9.17, 15) is 4.79 Å². The highest BCUT2D eigenvalue weighted by atomic mass is 16.4. The van der Waals surface area contributed by atoms with Crippen LogP contribution in [0.4, 0.5) is 0 Å². The van der Waals surface area contributed by atoms with Crippen molar-refractivity contribution in [2.75, 3.05) is 0 Å². The second-order valence-electron chi connectivity index (χ2n) is 5.23. The molecule has 0 heterocycles. The van der Waals surface area contributed by atoms with Gasteiger partial charge in [0, 0.05) is 6.08 Å². The Morgan fingerprint density at radius 1 is 0.786 bits per heavy atom. The van der Waals surface area contributed by atoms with Gasteiger partial charge in [0.05, 0.1) is 12.1 Å². The van der Waals surface area contributed by atoms with Gasteiger partial charge in [0.15, 0.2) is 0 Å². The molecule has 0 amide bonds. The minimum absolute atomic E-state index is 0.938. The number of aliphatic carboxylic acids is 1. The highest BCUT2D eigenvalue weighted by Crippen LogP contribution is 2.01. The van der Waals surface area contributed by atoms with Crippen molar-refractivity contribution in [3.8, 4) is 6.07 Å². The molecular weight excluding hydrogens is 346 g/mol. The van der Waals surface area contributed by atoms with Crippen molar-refractivity contribution < 1.29 is 9.90 Å². The van der Waals surface area contributed by atoms with E-state index >= 15 is 0 Å². The zero-order chi connectivity index (χ0) is 20.3. The molecule has 0 aliphatic heterocycles. The normalized spacial score (nSPS) is 10.4. The van der Waals surface area contributed by atoms with Crippen LogP contribution in [0.15, 0.2) is 115 Å². The first-order valence-corrected chi connectivity index (χ1v) is 8.54. The summed E-state index contributed by atoms with van der Waals surface area (Å²) in [5, 5.41) is 16.5. The summed E-state index contributed by atoms with van der Waals surface area (Å²) in [6.45, 7) is 0. The van der Waals surface area contributed by atoms with Crippen molar-refractivity contribution in [3.63, 3.8) is 0 Å². The SMILES string of the molecule is N#CC=C=CC=Cc1ccccc1.O=C(O)C=CC=CC=Cc1ccccc1. The number of carboxylic acids is 1. The van der Waals surface area contributed by atoms with Crippen LogP contribution in [0.1, 0.15) is 11.1 Å². The van der Waals surface area contributed by atoms with E-state index in [0.717, 1.165) is 17.2 Å². The van der Waals surface area contributed by atoms with Crippen molar-refractivity contribution in [1.29, 1.82) is 5.26 Å². The van der Waals surface area contributed by atoms with Crippen molar-refractivity contribution in [1.82, 2.24) is 0 Å². The van der Waals surface area contributed by atoms with Crippen LogP contribution in [0.25, 0.3) is 12.2 Å². The summed E-state index contributed by atoms with van der Waals surface area (Å²) in [4.78, 5) is 10.1. The number of hydrogen-bond donors (Lipinski definition) is 1. The molecular formula is C25H21NO2. The number of carboxylic acid groups (broad SMARTS) is 1. The Labute approximate surface area is 165 Å². The molecule has 28 heavy (non-hydrogen) atoms. The van der Waals surface area contributed by atoms with Crippen LogP contribution in [-0.4, -0.2) is 11.1 Å². The first kappa shape index (κ1) is 21.9. The van der Waals surface area contributed by atoms with Crippen LogP contribution in [0.2, 0.25) is 0 Å². The van der Waals surface area contributed by atoms with Gasteiger partial charge >= 0.3 is 5.97 Å². The third-order valence-corrected chi connectivity index (χ3v) is 3.09. The average Bonchev–Trinajstić information content (AvgIpc) is 2.72. The Morgan fingerprint density at radius 3 is 1.86 bits per heavy atom. The number of rotatable bonds is 6. The maximum Gasteiger partial charge on any atom is 0.328 e. The fourth-order valence-electron chi connectivity index (χ4n) is 1.86. The van der Waals surface area contributed by atoms with E-state index in [1.165, 1.54) is 12.2 Å². The van der Waals surface area contributed by atoms with Gasteiger partial charge in [-0.25, -0.2) is 4.79 Å². The highest BCUT2D eigenvalue weighted by Gasteiger charge is 1.81. The fraction of sp³-hybridized carbons (Fsp3) is 0. The van der Waals surface area contributed by atoms with Gasteiger partial charge in [-0.3, -0.25) is 0 Å². The molecule has 1 N–H and O–H groups in total. The van der Waals surface area contributed by atoms with E-state index in [1.54, 1.807) is 18.2 Å². The average molecular weight is 367 g/mol. The van der Waals surface area contributed by atoms with Crippen molar-refractivity contribution in [2.24, 2.45) is 0 Å². The number of nitrogens with zero attached hydrogens (tertiary/aromatic N) is 1. The lowest BCUT2D eigenvalue weighted by Gasteiger charge is -1.87. The third kappa shape index (κ3) is 12.3. The summed E-state index contributed by atoms with van der Waals surface area (Å²) in [7, 11) is 0. The van der Waals surface area contributed by atoms with Gasteiger partial charge < -0.3 is 5.11 Å². The maximum atomic E-state index is 10.1. The molecule has 0 radical (unpaired) electrons. The summed E-state index contributed by atoms with van der Waals surface area (Å²) < 4.78 is 0. The molecule has 0 aliphatic rings. The van der Waals surface area contributed by atoms with Gasteiger partial charge in [0.1, 0.15) is 0 Å². The molecule has 0 unspecified atom stereocenters. The Hall–Kier alpha value is -4.12. The third-order valence-electron chi connectivity index (χ3n) is 3.09. The largest absolute Gasteiger partial charge is 0.478 e. The molecule has 2 aromatic carbocycles. The molecule has 138 valence electrons. The Morgan fingerprint density at radius 2 is 1.32 bits per heavy atom. The Bertz CT molecular complexity index is 922. The van der Waals surface area contributed by atoms with Crippen molar-refractivity contribution in [2.45, 2.75) is 0 Å². The van der Waals surface area contributed by atoms with Crippen LogP contribution in [-0.2, 0) is 4.79 Å². The molecule has 0 bridgehead atoms. The zero-order valence-corrected chi connectivity index (χ0v) is 15.3. The number of benzene rings is 2. The van der Waals surface area contributed by atoms with E-state index in [4.69, 9.17) is 10.4 Å². The quantitative estimate of drug-likeness (QED) is 0.302. The van der Waals surface area contributed by atoms with Crippen LogP contribution in [0.5, 0.6) is 0 Å². The summed E-state index contributed by atoms with van der Waals surface area (Å²) in [5.74, 6) is -0.938. The molecule has 0 aromatic heterocycles. The van der Waals surface area contributed by atoms with E-state index in [0.29, 0.717) is 0 Å². The molecule has 0 spiro atoms. The van der Waals surface area contributed by atoms with Crippen molar-refractivity contribution >= 4 is 18.1 Å². The molecule has 0 fully saturated rings. The second-order valence-corrected chi connectivity index (χ2v) is 5.23. The van der Waals surface area contributed by atoms with Gasteiger partial charge in [-0.2, -0.15) is 5.26 Å². The monoisotopic (exact) mass is 367 g/mol. The predicted molar refractivity (Wildman–Crippen MR) is 115 cm³/mol. The smallest absolute Gasteiger partial charge is 0.328 e. The molecule has 3 heteroatoms. The molecule has 3 nitrogen and oxygen atoms in total. The number of allylic oxidation sites excluding steroid dienone is 6. The molecule has 0 aliphatic carbocycles. The summed E-state index contributed by atoms with van der Waals surface area (Å²) in [6, 6.07) is 21.7. The molecule has 2 aromatic rings. The minimum Gasteiger partial charge on any atom is -0.478 e. The highest BCUT2D eigenvalue weighted by molar-refractivity contribution is 5.80. The number of nitriles is 1. The first-order chi connectivity index (χ1) is 13.7. The first-order valence-electron chi connectivity index (χ1n) is 8.54. The molecule has 0 saturated heterocycles. The summed E-state index contributed by atoms with van der Waals surface area (Å²) >= 11 is 0. The summed E-state index contributed by atoms with van der Waals surface area (Å²) in [6.07, 6.45) is 16.7. The second kappa shape index (κ2) is 15.2. The molecule has 0 saturated carbocycles.